The molecule has 0 bridgehead atoms. The molecule has 1 aromatic heterocycles. The molecule has 1 aromatic carbocycles. The second-order valence-corrected chi connectivity index (χ2v) is 8.37. The van der Waals surface area contributed by atoms with Crippen LogP contribution in [-0.4, -0.2) is 39.6 Å². The lowest BCUT2D eigenvalue weighted by Gasteiger charge is -2.14. The summed E-state index contributed by atoms with van der Waals surface area (Å²) in [5, 5.41) is 10.7. The number of nitro benzene ring substituents is 1. The van der Waals surface area contributed by atoms with Gasteiger partial charge in [0.15, 0.2) is 0 Å². The van der Waals surface area contributed by atoms with Crippen molar-refractivity contribution in [1.82, 2.24) is 4.90 Å². The number of carbonyl (C=O) groups excluding carboxylic acids is 3. The van der Waals surface area contributed by atoms with Gasteiger partial charge in [-0.2, -0.15) is 0 Å². The average Bonchev–Trinajstić information content (AvgIpc) is 3.30. The Morgan fingerprint density at radius 1 is 1.31 bits per heavy atom. The normalized spacial score (nSPS) is 16.0. The van der Waals surface area contributed by atoms with E-state index in [4.69, 9.17) is 9.15 Å². The lowest BCUT2D eigenvalue weighted by molar-refractivity contribution is -0.385. The molecular formula is C22H22N2O7S. The Hall–Kier alpha value is -3.40. The monoisotopic (exact) mass is 458 g/mol. The first-order valence-electron chi connectivity index (χ1n) is 9.91. The van der Waals surface area contributed by atoms with Gasteiger partial charge in [0.05, 0.1) is 15.9 Å². The number of nitrogens with zero attached hydrogens (tertiary/aromatic N) is 2. The Balaban J connectivity index is 1.80. The van der Waals surface area contributed by atoms with Crippen molar-refractivity contribution >= 4 is 40.6 Å². The van der Waals surface area contributed by atoms with Gasteiger partial charge in [0.2, 0.25) is 0 Å². The molecule has 1 fully saturated rings. The summed E-state index contributed by atoms with van der Waals surface area (Å²) in [6.07, 6.45) is 1.72. The summed E-state index contributed by atoms with van der Waals surface area (Å²) in [7, 11) is 0. The van der Waals surface area contributed by atoms with Crippen molar-refractivity contribution in [2.45, 2.75) is 40.2 Å². The fourth-order valence-corrected chi connectivity index (χ4v) is 3.82. The Morgan fingerprint density at radius 2 is 2.03 bits per heavy atom. The zero-order chi connectivity index (χ0) is 23.6. The molecule has 1 aliphatic heterocycles. The van der Waals surface area contributed by atoms with Crippen molar-refractivity contribution in [2.24, 2.45) is 0 Å². The molecule has 2 aromatic rings. The van der Waals surface area contributed by atoms with Crippen molar-refractivity contribution in [3.05, 3.63) is 56.2 Å². The SMILES string of the molecule is CC[C@H](C)OC(=O)CN1C(=O)S/C(=C/c2ccc(-c3cc(C)c(C)c([N+](=O)[O-])c3)o2)C1=O. The highest BCUT2D eigenvalue weighted by molar-refractivity contribution is 8.18. The highest BCUT2D eigenvalue weighted by Gasteiger charge is 2.37. The third-order valence-corrected chi connectivity index (χ3v) is 6.00. The molecular weight excluding hydrogens is 436 g/mol. The maximum atomic E-state index is 12.6. The smallest absolute Gasteiger partial charge is 0.326 e. The maximum absolute atomic E-state index is 12.6. The second kappa shape index (κ2) is 9.39. The third kappa shape index (κ3) is 4.91. The Labute approximate surface area is 188 Å². The molecule has 1 aliphatic rings. The van der Waals surface area contributed by atoms with Crippen LogP contribution in [0, 0.1) is 24.0 Å². The summed E-state index contributed by atoms with van der Waals surface area (Å²) in [5.41, 5.74) is 1.84. The minimum absolute atomic E-state index is 0.0108. The van der Waals surface area contributed by atoms with Crippen LogP contribution in [0.5, 0.6) is 0 Å². The van der Waals surface area contributed by atoms with Crippen LogP contribution in [0.25, 0.3) is 17.4 Å². The number of imide groups is 1. The second-order valence-electron chi connectivity index (χ2n) is 7.37. The van der Waals surface area contributed by atoms with Crippen LogP contribution in [0.3, 0.4) is 0 Å². The molecule has 0 unspecified atom stereocenters. The molecule has 0 saturated carbocycles. The molecule has 2 amide bonds. The number of carbonyl (C=O) groups is 3. The van der Waals surface area contributed by atoms with Gasteiger partial charge < -0.3 is 9.15 Å². The fourth-order valence-electron chi connectivity index (χ4n) is 3.00. The fraction of sp³-hybridized carbons (Fsp3) is 0.318. The number of ether oxygens (including phenoxy) is 1. The summed E-state index contributed by atoms with van der Waals surface area (Å²) < 4.78 is 10.9. The predicted molar refractivity (Wildman–Crippen MR) is 119 cm³/mol. The summed E-state index contributed by atoms with van der Waals surface area (Å²) in [6.45, 7) is 6.58. The topological polar surface area (TPSA) is 120 Å². The van der Waals surface area contributed by atoms with E-state index in [1.807, 2.05) is 6.92 Å². The van der Waals surface area contributed by atoms with Gasteiger partial charge in [0, 0.05) is 23.3 Å². The van der Waals surface area contributed by atoms with E-state index in [0.29, 0.717) is 40.8 Å². The number of benzene rings is 1. The zero-order valence-electron chi connectivity index (χ0n) is 18.0. The Kier molecular flexibility index (Phi) is 6.83. The van der Waals surface area contributed by atoms with Gasteiger partial charge in [-0.25, -0.2) is 0 Å². The van der Waals surface area contributed by atoms with Crippen molar-refractivity contribution in [1.29, 1.82) is 0 Å². The first-order valence-corrected chi connectivity index (χ1v) is 10.7. The van der Waals surface area contributed by atoms with E-state index < -0.39 is 28.6 Å². The van der Waals surface area contributed by atoms with Crippen LogP contribution >= 0.6 is 11.8 Å². The largest absolute Gasteiger partial charge is 0.461 e. The van der Waals surface area contributed by atoms with Gasteiger partial charge in [0.1, 0.15) is 18.1 Å². The average molecular weight is 458 g/mol. The van der Waals surface area contributed by atoms with E-state index in [1.54, 1.807) is 39.0 Å². The van der Waals surface area contributed by atoms with Crippen molar-refractivity contribution < 1.29 is 28.5 Å². The van der Waals surface area contributed by atoms with Gasteiger partial charge in [0.25, 0.3) is 16.8 Å². The highest BCUT2D eigenvalue weighted by Crippen LogP contribution is 2.34. The molecule has 1 saturated heterocycles. The lowest BCUT2D eigenvalue weighted by Crippen LogP contribution is -2.35. The number of hydrogen-bond acceptors (Lipinski definition) is 8. The Bertz CT molecular complexity index is 1140. The zero-order valence-corrected chi connectivity index (χ0v) is 18.9. The van der Waals surface area contributed by atoms with Gasteiger partial charge in [-0.1, -0.05) is 6.92 Å². The van der Waals surface area contributed by atoms with E-state index >= 15 is 0 Å². The van der Waals surface area contributed by atoms with Gasteiger partial charge in [-0.3, -0.25) is 29.4 Å². The molecule has 32 heavy (non-hydrogen) atoms. The van der Waals surface area contributed by atoms with Crippen molar-refractivity contribution in [2.75, 3.05) is 6.54 Å². The number of thioether (sulfide) groups is 1. The summed E-state index contributed by atoms with van der Waals surface area (Å²) >= 11 is 0.701. The summed E-state index contributed by atoms with van der Waals surface area (Å²) in [5.74, 6) is -0.576. The molecule has 3 rings (SSSR count). The van der Waals surface area contributed by atoms with Crippen molar-refractivity contribution in [3.63, 3.8) is 0 Å². The molecule has 10 heteroatoms. The molecule has 0 radical (unpaired) electrons. The number of rotatable bonds is 7. The first kappa shape index (κ1) is 23.3. The number of esters is 1. The molecule has 0 N–H and O–H groups in total. The van der Waals surface area contributed by atoms with E-state index in [-0.39, 0.29) is 16.7 Å². The predicted octanol–water partition coefficient (Wildman–Crippen LogP) is 4.85. The Morgan fingerprint density at radius 3 is 2.69 bits per heavy atom. The standard InChI is InChI=1S/C22H22N2O7S/c1-5-13(3)30-20(25)11-23-21(26)19(32-22(23)27)10-16-6-7-18(31-16)15-8-12(2)14(4)17(9-15)24(28)29/h6-10,13H,5,11H2,1-4H3/b19-10+/t13-/m0/s1. The molecule has 2 heterocycles. The number of hydrogen-bond donors (Lipinski definition) is 0. The molecule has 1 atom stereocenters. The molecule has 0 aliphatic carbocycles. The maximum Gasteiger partial charge on any atom is 0.326 e. The van der Waals surface area contributed by atoms with Gasteiger partial charge in [-0.15, -0.1) is 0 Å². The lowest BCUT2D eigenvalue weighted by atomic mass is 10.0. The quantitative estimate of drug-likeness (QED) is 0.250. The third-order valence-electron chi connectivity index (χ3n) is 5.09. The van der Waals surface area contributed by atoms with E-state index in [0.717, 1.165) is 10.5 Å². The number of amides is 2. The molecule has 168 valence electrons. The van der Waals surface area contributed by atoms with E-state index in [2.05, 4.69) is 0 Å². The molecule has 0 spiro atoms. The number of aryl methyl sites for hydroxylation is 1. The number of furan rings is 1. The minimum Gasteiger partial charge on any atom is -0.461 e. The van der Waals surface area contributed by atoms with Crippen LogP contribution in [0.1, 0.15) is 37.2 Å². The minimum atomic E-state index is -0.653. The van der Waals surface area contributed by atoms with Crippen LogP contribution in [-0.2, 0) is 14.3 Å². The summed E-state index contributed by atoms with van der Waals surface area (Å²) in [4.78, 5) is 48.5. The summed E-state index contributed by atoms with van der Waals surface area (Å²) in [6, 6.07) is 6.44. The van der Waals surface area contributed by atoms with Crippen LogP contribution in [0.2, 0.25) is 0 Å². The van der Waals surface area contributed by atoms with E-state index in [9.17, 15) is 24.5 Å². The van der Waals surface area contributed by atoms with Crippen LogP contribution < -0.4 is 0 Å². The van der Waals surface area contributed by atoms with Crippen molar-refractivity contribution in [3.8, 4) is 11.3 Å². The van der Waals surface area contributed by atoms with E-state index in [1.165, 1.54) is 12.1 Å². The van der Waals surface area contributed by atoms with Crippen LogP contribution in [0.4, 0.5) is 10.5 Å². The van der Waals surface area contributed by atoms with Crippen LogP contribution in [0.15, 0.2) is 33.6 Å². The number of nitro groups is 1. The van der Waals surface area contributed by atoms with Gasteiger partial charge >= 0.3 is 5.97 Å². The highest BCUT2D eigenvalue weighted by atomic mass is 32.2. The van der Waals surface area contributed by atoms with Gasteiger partial charge in [-0.05, 0) is 62.7 Å². The molecule has 9 nitrogen and oxygen atoms in total. The first-order chi connectivity index (χ1) is 15.1.